The van der Waals surface area contributed by atoms with Crippen LogP contribution in [-0.2, 0) is 22.0 Å². The number of benzene rings is 2. The van der Waals surface area contributed by atoms with Crippen molar-refractivity contribution in [2.45, 2.75) is 36.6 Å². The molecule has 2 heterocycles. The summed E-state index contributed by atoms with van der Waals surface area (Å²) in [7, 11) is -3.47. The first-order chi connectivity index (χ1) is 20.3. The number of carbonyl (C=O) groups is 2. The number of nitrogens with one attached hydrogen (secondary N) is 2. The molecule has 4 N–H and O–H groups in total. The largest absolute Gasteiger partial charge is 0.430 e. The number of anilines is 1. The quantitative estimate of drug-likeness (QED) is 0.346. The monoisotopic (exact) mass is 672 g/mol. The molecule has 2 aliphatic heterocycles. The van der Waals surface area contributed by atoms with Gasteiger partial charge in [-0.1, -0.05) is 35.9 Å². The molecule has 2 atom stereocenters. The van der Waals surface area contributed by atoms with E-state index in [4.69, 9.17) is 11.6 Å². The van der Waals surface area contributed by atoms with E-state index in [9.17, 15) is 54.6 Å². The Labute approximate surface area is 252 Å². The Kier molecular flexibility index (Phi) is 9.47. The van der Waals surface area contributed by atoms with E-state index in [0.717, 1.165) is 12.1 Å². The van der Waals surface area contributed by atoms with Gasteiger partial charge in [-0.05, 0) is 23.8 Å². The second-order valence-corrected chi connectivity index (χ2v) is 13.1. The third kappa shape index (κ3) is 7.22. The minimum atomic E-state index is -5.97. The zero-order valence-electron chi connectivity index (χ0n) is 22.6. The summed E-state index contributed by atoms with van der Waals surface area (Å²) < 4.78 is 102. The average molecular weight is 673 g/mol. The van der Waals surface area contributed by atoms with Crippen molar-refractivity contribution in [1.82, 2.24) is 15.1 Å². The van der Waals surface area contributed by atoms with E-state index in [1.807, 2.05) is 4.90 Å². The number of halogens is 7. The van der Waals surface area contributed by atoms with Crippen LogP contribution in [0.3, 0.4) is 0 Å². The van der Waals surface area contributed by atoms with E-state index in [-0.39, 0.29) is 41.8 Å². The summed E-state index contributed by atoms with van der Waals surface area (Å²) in [5.41, 5.74) is -5.60. The summed E-state index contributed by atoms with van der Waals surface area (Å²) in [6, 6.07) is 5.69. The number of amides is 3. The Morgan fingerprint density at radius 2 is 1.52 bits per heavy atom. The number of piperazine rings is 1. The van der Waals surface area contributed by atoms with Crippen molar-refractivity contribution in [3.8, 4) is 0 Å². The molecule has 4 rings (SSSR count). The average Bonchev–Trinajstić information content (AvgIpc) is 3.18. The highest BCUT2D eigenvalue weighted by atomic mass is 35.5. The molecule has 0 radical (unpaired) electrons. The van der Waals surface area contributed by atoms with Gasteiger partial charge in [-0.25, -0.2) is 13.2 Å². The molecule has 18 heteroatoms. The van der Waals surface area contributed by atoms with Crippen molar-refractivity contribution < 1.29 is 54.6 Å². The maximum atomic E-state index is 13.1. The number of rotatable bonds is 6. The summed E-state index contributed by atoms with van der Waals surface area (Å²) in [6.45, 7) is 1.38. The van der Waals surface area contributed by atoms with Gasteiger partial charge in [0.05, 0.1) is 34.4 Å². The minimum Gasteiger partial charge on any atom is -0.390 e. The van der Waals surface area contributed by atoms with Crippen LogP contribution in [0.25, 0.3) is 0 Å². The predicted octanol–water partition coefficient (Wildman–Crippen LogP) is 2.89. The van der Waals surface area contributed by atoms with Crippen molar-refractivity contribution in [3.63, 3.8) is 0 Å². The predicted molar refractivity (Wildman–Crippen MR) is 146 cm³/mol. The summed E-state index contributed by atoms with van der Waals surface area (Å²) in [6.07, 6.45) is -13.2. The van der Waals surface area contributed by atoms with Crippen molar-refractivity contribution in [2.75, 3.05) is 43.0 Å². The third-order valence-electron chi connectivity index (χ3n) is 7.36. The van der Waals surface area contributed by atoms with Gasteiger partial charge < -0.3 is 25.7 Å². The Hall–Kier alpha value is -3.12. The molecule has 0 aliphatic carbocycles. The van der Waals surface area contributed by atoms with Crippen LogP contribution in [-0.4, -0.2) is 103 Å². The highest BCUT2D eigenvalue weighted by molar-refractivity contribution is 7.91. The van der Waals surface area contributed by atoms with Crippen molar-refractivity contribution in [2.24, 2.45) is 0 Å². The van der Waals surface area contributed by atoms with Gasteiger partial charge in [0.2, 0.25) is 0 Å². The number of nitrogens with zero attached hydrogens (tertiary/aromatic N) is 2. The lowest BCUT2D eigenvalue weighted by Crippen LogP contribution is -2.53. The second-order valence-electron chi connectivity index (χ2n) is 10.5. The van der Waals surface area contributed by atoms with Gasteiger partial charge in [0.1, 0.15) is 0 Å². The summed E-state index contributed by atoms with van der Waals surface area (Å²) in [5, 5.41) is 24.2. The summed E-state index contributed by atoms with van der Waals surface area (Å²) in [4.78, 5) is 28.7. The fourth-order valence-corrected chi connectivity index (χ4v) is 6.90. The van der Waals surface area contributed by atoms with Gasteiger partial charge in [0, 0.05) is 43.9 Å². The molecule has 2 saturated heterocycles. The summed E-state index contributed by atoms with van der Waals surface area (Å²) >= 11 is 6.24. The van der Waals surface area contributed by atoms with Crippen molar-refractivity contribution in [1.29, 1.82) is 0 Å². The smallest absolute Gasteiger partial charge is 0.390 e. The van der Waals surface area contributed by atoms with Crippen LogP contribution in [0.5, 0.6) is 0 Å². The molecule has 242 valence electrons. The van der Waals surface area contributed by atoms with Crippen LogP contribution in [0.4, 0.5) is 36.8 Å². The molecule has 10 nitrogen and oxygen atoms in total. The standard InChI is InChI=1S/C26H27ClF6N4O6S/c27-18-11-16(3-6-19(18)34-23(40)35-20-13-44(42,43)14-21(20)38)22(39)37-9-7-36(8-10-37)12-15-1-4-17(5-2-15)24(41,25(28,29)30)26(31,32)33/h1-6,11,20-21,38,41H,7-10,12-14H2,(H2,34,35,40)/t20-,21+/m1/s1. The number of aliphatic hydroxyl groups is 2. The molecule has 2 aromatic rings. The number of hydrogen-bond donors (Lipinski definition) is 4. The molecule has 3 amide bonds. The first-order valence-electron chi connectivity index (χ1n) is 13.0. The van der Waals surface area contributed by atoms with Crippen molar-refractivity contribution >= 4 is 39.1 Å². The van der Waals surface area contributed by atoms with Gasteiger partial charge in [-0.3, -0.25) is 9.69 Å². The maximum Gasteiger partial charge on any atom is 0.430 e. The fourth-order valence-electron chi connectivity index (χ4n) is 4.93. The third-order valence-corrected chi connectivity index (χ3v) is 9.39. The topological polar surface area (TPSA) is 139 Å². The number of carbonyl (C=O) groups excluding carboxylic acids is 2. The number of aliphatic hydroxyl groups excluding tert-OH is 1. The lowest BCUT2D eigenvalue weighted by Gasteiger charge is -2.35. The van der Waals surface area contributed by atoms with Crippen molar-refractivity contribution in [3.05, 3.63) is 64.2 Å². The molecular weight excluding hydrogens is 646 g/mol. The minimum absolute atomic E-state index is 0.0237. The SMILES string of the molecule is O=C(Nc1ccc(C(=O)N2CCN(Cc3ccc(C(O)(C(F)(F)F)C(F)(F)F)cc3)CC2)cc1Cl)N[C@@H]1CS(=O)(=O)C[C@@H]1O. The number of urea groups is 1. The lowest BCUT2D eigenvalue weighted by atomic mass is 9.91. The van der Waals surface area contributed by atoms with Crippen LogP contribution in [0.1, 0.15) is 21.5 Å². The second kappa shape index (κ2) is 12.3. The van der Waals surface area contributed by atoms with Gasteiger partial charge in [-0.15, -0.1) is 0 Å². The van der Waals surface area contributed by atoms with Crippen LogP contribution in [0, 0.1) is 0 Å². The molecule has 44 heavy (non-hydrogen) atoms. The van der Waals surface area contributed by atoms with Gasteiger partial charge in [0.15, 0.2) is 9.84 Å². The van der Waals surface area contributed by atoms with Gasteiger partial charge in [-0.2, -0.15) is 26.3 Å². The molecule has 0 bridgehead atoms. The highest BCUT2D eigenvalue weighted by Crippen LogP contribution is 2.50. The Morgan fingerprint density at radius 1 is 0.932 bits per heavy atom. The van der Waals surface area contributed by atoms with E-state index in [2.05, 4.69) is 10.6 Å². The highest BCUT2D eigenvalue weighted by Gasteiger charge is 2.71. The molecule has 2 aliphatic rings. The molecule has 0 aromatic heterocycles. The fraction of sp³-hybridized carbons (Fsp3) is 0.462. The van der Waals surface area contributed by atoms with E-state index in [0.29, 0.717) is 30.8 Å². The van der Waals surface area contributed by atoms with E-state index in [1.165, 1.54) is 23.1 Å². The molecule has 2 aromatic carbocycles. The van der Waals surface area contributed by atoms with Crippen LogP contribution < -0.4 is 10.6 Å². The molecule has 0 saturated carbocycles. The maximum absolute atomic E-state index is 13.1. The van der Waals surface area contributed by atoms with E-state index < -0.39 is 63.0 Å². The zero-order chi connectivity index (χ0) is 32.7. The Balaban J connectivity index is 1.31. The van der Waals surface area contributed by atoms with Gasteiger partial charge in [0.25, 0.3) is 11.5 Å². The van der Waals surface area contributed by atoms with Crippen LogP contribution in [0.15, 0.2) is 42.5 Å². The van der Waals surface area contributed by atoms with Gasteiger partial charge >= 0.3 is 18.4 Å². The zero-order valence-corrected chi connectivity index (χ0v) is 24.2. The van der Waals surface area contributed by atoms with E-state index in [1.54, 1.807) is 0 Å². The van der Waals surface area contributed by atoms with Crippen LogP contribution in [0.2, 0.25) is 5.02 Å². The van der Waals surface area contributed by atoms with Crippen LogP contribution >= 0.6 is 11.6 Å². The molecule has 0 unspecified atom stereocenters. The number of sulfone groups is 1. The Bertz CT molecular complexity index is 1480. The molecule has 0 spiro atoms. The lowest BCUT2D eigenvalue weighted by molar-refractivity contribution is -0.376. The molecular formula is C26H27ClF6N4O6S. The first kappa shape index (κ1) is 33.8. The number of hydrogen-bond acceptors (Lipinski definition) is 7. The Morgan fingerprint density at radius 3 is 2.02 bits per heavy atom. The normalized spacial score (nSPS) is 21.2. The first-order valence-corrected chi connectivity index (χ1v) is 15.2. The summed E-state index contributed by atoms with van der Waals surface area (Å²) in [5.74, 6) is -1.24. The molecule has 2 fully saturated rings. The van der Waals surface area contributed by atoms with E-state index >= 15 is 0 Å². The number of alkyl halides is 6.